The van der Waals surface area contributed by atoms with E-state index in [0.29, 0.717) is 11.7 Å². The predicted octanol–water partition coefficient (Wildman–Crippen LogP) is 1.15. The molecule has 0 radical (unpaired) electrons. The number of nitrogens with one attached hydrogen (secondary N) is 1. The van der Waals surface area contributed by atoms with E-state index in [4.69, 9.17) is 11.2 Å². The Hall–Kier alpha value is -1.76. The summed E-state index contributed by atoms with van der Waals surface area (Å²) >= 11 is 0. The Bertz CT molecular complexity index is 368. The molecule has 0 saturated carbocycles. The van der Waals surface area contributed by atoms with E-state index < -0.39 is 0 Å². The first-order valence-corrected chi connectivity index (χ1v) is 4.28. The summed E-state index contributed by atoms with van der Waals surface area (Å²) in [5.41, 5.74) is 0.869. The van der Waals surface area contributed by atoms with Gasteiger partial charge in [-0.25, -0.2) is 4.98 Å². The van der Waals surface area contributed by atoms with E-state index >= 15 is 0 Å². The summed E-state index contributed by atoms with van der Waals surface area (Å²) in [7, 11) is 1.81. The predicted molar refractivity (Wildman–Crippen MR) is 55.4 cm³/mol. The second-order valence-electron chi connectivity index (χ2n) is 2.79. The Morgan fingerprint density at radius 3 is 2.71 bits per heavy atom. The summed E-state index contributed by atoms with van der Waals surface area (Å²) in [5, 5.41) is 2.97. The van der Waals surface area contributed by atoms with Crippen LogP contribution in [0.1, 0.15) is 11.4 Å². The minimum atomic E-state index is 0.223. The second-order valence-corrected chi connectivity index (χ2v) is 2.79. The Morgan fingerprint density at radius 2 is 2.14 bits per heavy atom. The minimum absolute atomic E-state index is 0.223. The molecule has 0 spiro atoms. The second kappa shape index (κ2) is 4.47. The van der Waals surface area contributed by atoms with Crippen molar-refractivity contribution in [2.24, 2.45) is 0 Å². The van der Waals surface area contributed by atoms with E-state index in [2.05, 4.69) is 21.2 Å². The molecule has 4 nitrogen and oxygen atoms in total. The van der Waals surface area contributed by atoms with Gasteiger partial charge in [0.25, 0.3) is 0 Å². The summed E-state index contributed by atoms with van der Waals surface area (Å²) in [4.78, 5) is 8.36. The first-order valence-electron chi connectivity index (χ1n) is 4.28. The zero-order valence-electron chi connectivity index (χ0n) is 8.59. The van der Waals surface area contributed by atoms with Gasteiger partial charge in [0.05, 0.1) is 5.56 Å². The monoisotopic (exact) mass is 191 g/mol. The molecule has 0 aliphatic carbocycles. The lowest BCUT2D eigenvalue weighted by molar-refractivity contribution is 0.351. The SMILES string of the molecule is C#CCOc1nc(C)nc(NC)c1C. The zero-order valence-corrected chi connectivity index (χ0v) is 8.59. The molecule has 0 amide bonds. The van der Waals surface area contributed by atoms with Gasteiger partial charge >= 0.3 is 0 Å². The van der Waals surface area contributed by atoms with Crippen LogP contribution in [-0.4, -0.2) is 23.6 Å². The van der Waals surface area contributed by atoms with Crippen molar-refractivity contribution in [2.75, 3.05) is 19.0 Å². The molecular weight excluding hydrogens is 178 g/mol. The molecule has 74 valence electrons. The van der Waals surface area contributed by atoms with Gasteiger partial charge in [-0.2, -0.15) is 4.98 Å². The summed E-state index contributed by atoms with van der Waals surface area (Å²) in [6, 6.07) is 0. The number of ether oxygens (including phenoxy) is 1. The van der Waals surface area contributed by atoms with Crippen LogP contribution in [0.3, 0.4) is 0 Å². The topological polar surface area (TPSA) is 47.0 Å². The van der Waals surface area contributed by atoms with Crippen LogP contribution in [-0.2, 0) is 0 Å². The Labute approximate surface area is 83.7 Å². The number of aryl methyl sites for hydroxylation is 1. The van der Waals surface area contributed by atoms with Gasteiger partial charge in [-0.15, -0.1) is 6.42 Å². The standard InChI is InChI=1S/C10H13N3O/c1-5-6-14-10-7(2)9(11-4)12-8(3)13-10/h1H,6H2,2-4H3,(H,11,12,13). The van der Waals surface area contributed by atoms with E-state index in [1.54, 1.807) is 7.05 Å². The van der Waals surface area contributed by atoms with E-state index in [1.807, 2.05) is 13.8 Å². The van der Waals surface area contributed by atoms with E-state index in [-0.39, 0.29) is 6.61 Å². The highest BCUT2D eigenvalue weighted by Gasteiger charge is 2.08. The molecule has 0 unspecified atom stereocenters. The van der Waals surface area contributed by atoms with Crippen LogP contribution in [0.5, 0.6) is 5.88 Å². The van der Waals surface area contributed by atoms with Gasteiger partial charge in [-0.05, 0) is 13.8 Å². The molecule has 0 atom stereocenters. The molecule has 1 rings (SSSR count). The number of nitrogens with zero attached hydrogens (tertiary/aromatic N) is 2. The fourth-order valence-corrected chi connectivity index (χ4v) is 1.10. The highest BCUT2D eigenvalue weighted by Crippen LogP contribution is 2.20. The Balaban J connectivity index is 3.04. The van der Waals surface area contributed by atoms with Crippen molar-refractivity contribution in [2.45, 2.75) is 13.8 Å². The maximum Gasteiger partial charge on any atom is 0.222 e. The summed E-state index contributed by atoms with van der Waals surface area (Å²) in [6.07, 6.45) is 5.10. The van der Waals surface area contributed by atoms with Gasteiger partial charge in [-0.1, -0.05) is 5.92 Å². The molecule has 1 heterocycles. The fourth-order valence-electron chi connectivity index (χ4n) is 1.10. The van der Waals surface area contributed by atoms with Crippen molar-refractivity contribution >= 4 is 5.82 Å². The van der Waals surface area contributed by atoms with Crippen LogP contribution in [0.2, 0.25) is 0 Å². The van der Waals surface area contributed by atoms with Crippen molar-refractivity contribution in [3.05, 3.63) is 11.4 Å². The smallest absolute Gasteiger partial charge is 0.222 e. The maximum atomic E-state index is 5.28. The normalized spacial score (nSPS) is 9.29. The van der Waals surface area contributed by atoms with Crippen LogP contribution in [0.25, 0.3) is 0 Å². The number of terminal acetylenes is 1. The molecule has 1 aromatic heterocycles. The highest BCUT2D eigenvalue weighted by atomic mass is 16.5. The summed E-state index contributed by atoms with van der Waals surface area (Å²) < 4.78 is 5.28. The number of aromatic nitrogens is 2. The molecular formula is C10H13N3O. The van der Waals surface area contributed by atoms with Crippen LogP contribution in [0.15, 0.2) is 0 Å². The van der Waals surface area contributed by atoms with E-state index in [1.165, 1.54) is 0 Å². The third-order valence-electron chi connectivity index (χ3n) is 1.74. The van der Waals surface area contributed by atoms with Gasteiger partial charge in [-0.3, -0.25) is 0 Å². The summed E-state index contributed by atoms with van der Waals surface area (Å²) in [5.74, 6) is 4.37. The van der Waals surface area contributed by atoms with Crippen molar-refractivity contribution in [3.8, 4) is 18.2 Å². The van der Waals surface area contributed by atoms with Crippen LogP contribution in [0, 0.1) is 26.2 Å². The largest absolute Gasteiger partial charge is 0.464 e. The quantitative estimate of drug-likeness (QED) is 0.728. The van der Waals surface area contributed by atoms with Crippen LogP contribution in [0.4, 0.5) is 5.82 Å². The van der Waals surface area contributed by atoms with Crippen molar-refractivity contribution in [1.82, 2.24) is 9.97 Å². The molecule has 0 aromatic carbocycles. The molecule has 0 fully saturated rings. The third kappa shape index (κ3) is 2.13. The molecule has 0 saturated heterocycles. The van der Waals surface area contributed by atoms with Gasteiger partial charge in [0, 0.05) is 7.05 Å². The van der Waals surface area contributed by atoms with Crippen molar-refractivity contribution in [3.63, 3.8) is 0 Å². The average Bonchev–Trinajstić information content (AvgIpc) is 2.18. The van der Waals surface area contributed by atoms with E-state index in [9.17, 15) is 0 Å². The Morgan fingerprint density at radius 1 is 1.43 bits per heavy atom. The van der Waals surface area contributed by atoms with Gasteiger partial charge in [0.15, 0.2) is 6.61 Å². The number of anilines is 1. The first-order chi connectivity index (χ1) is 6.69. The lowest BCUT2D eigenvalue weighted by Gasteiger charge is -2.09. The third-order valence-corrected chi connectivity index (χ3v) is 1.74. The van der Waals surface area contributed by atoms with Gasteiger partial charge < -0.3 is 10.1 Å². The fraction of sp³-hybridized carbons (Fsp3) is 0.400. The molecule has 0 bridgehead atoms. The van der Waals surface area contributed by atoms with Gasteiger partial charge in [0.2, 0.25) is 5.88 Å². The highest BCUT2D eigenvalue weighted by molar-refractivity contribution is 5.47. The minimum Gasteiger partial charge on any atom is -0.464 e. The average molecular weight is 191 g/mol. The Kier molecular flexibility index (Phi) is 3.29. The molecule has 0 aliphatic heterocycles. The number of hydrogen-bond acceptors (Lipinski definition) is 4. The van der Waals surface area contributed by atoms with Gasteiger partial charge in [0.1, 0.15) is 11.6 Å². The molecule has 14 heavy (non-hydrogen) atoms. The summed E-state index contributed by atoms with van der Waals surface area (Å²) in [6.45, 7) is 3.92. The van der Waals surface area contributed by atoms with Crippen molar-refractivity contribution in [1.29, 1.82) is 0 Å². The van der Waals surface area contributed by atoms with Crippen LogP contribution >= 0.6 is 0 Å². The van der Waals surface area contributed by atoms with Crippen LogP contribution < -0.4 is 10.1 Å². The number of rotatable bonds is 3. The van der Waals surface area contributed by atoms with Crippen molar-refractivity contribution < 1.29 is 4.74 Å². The molecule has 1 N–H and O–H groups in total. The molecule has 1 aromatic rings. The molecule has 0 aliphatic rings. The lowest BCUT2D eigenvalue weighted by Crippen LogP contribution is -2.05. The number of hydrogen-bond donors (Lipinski definition) is 1. The maximum absolute atomic E-state index is 5.28. The molecule has 4 heteroatoms. The van der Waals surface area contributed by atoms with E-state index in [0.717, 1.165) is 11.4 Å². The zero-order chi connectivity index (χ0) is 10.6. The first kappa shape index (κ1) is 10.3. The lowest BCUT2D eigenvalue weighted by atomic mass is 10.3.